The van der Waals surface area contributed by atoms with Crippen molar-refractivity contribution in [3.05, 3.63) is 112 Å². The topological polar surface area (TPSA) is 75.6 Å². The summed E-state index contributed by atoms with van der Waals surface area (Å²) >= 11 is 5.86. The van der Waals surface area contributed by atoms with Crippen LogP contribution in [0, 0.1) is 5.82 Å². The number of hydrogen-bond donors (Lipinski definition) is 2. The molecule has 5 nitrogen and oxygen atoms in total. The van der Waals surface area contributed by atoms with Gasteiger partial charge in [-0.05, 0) is 64.2 Å². The van der Waals surface area contributed by atoms with Gasteiger partial charge >= 0.3 is 12.1 Å². The third-order valence-corrected chi connectivity index (χ3v) is 6.53. The van der Waals surface area contributed by atoms with Gasteiger partial charge in [0.1, 0.15) is 17.6 Å². The smallest absolute Gasteiger partial charge is 0.416 e. The first-order chi connectivity index (χ1) is 19.0. The number of methoxy groups -OCH3 is 1. The maximum atomic E-state index is 13.5. The van der Waals surface area contributed by atoms with Gasteiger partial charge < -0.3 is 15.2 Å². The highest BCUT2D eigenvalue weighted by molar-refractivity contribution is 6.31. The number of rotatable bonds is 8. The van der Waals surface area contributed by atoms with Crippen molar-refractivity contribution >= 4 is 23.5 Å². The van der Waals surface area contributed by atoms with Crippen molar-refractivity contribution < 1.29 is 37.0 Å². The van der Waals surface area contributed by atoms with Gasteiger partial charge in [0.2, 0.25) is 0 Å². The van der Waals surface area contributed by atoms with Gasteiger partial charge in [-0.15, -0.1) is 0 Å². The summed E-state index contributed by atoms with van der Waals surface area (Å²) in [4.78, 5) is 25.1. The molecule has 4 aromatic carbocycles. The number of hydrogen-bond acceptors (Lipinski definition) is 3. The molecule has 206 valence electrons. The number of carbonyl (C=O) groups excluding carboxylic acids is 1. The molecule has 0 fully saturated rings. The van der Waals surface area contributed by atoms with Crippen LogP contribution in [0.2, 0.25) is 5.02 Å². The average molecular weight is 572 g/mol. The number of benzene rings is 4. The van der Waals surface area contributed by atoms with Crippen molar-refractivity contribution in [1.29, 1.82) is 0 Å². The lowest BCUT2D eigenvalue weighted by Gasteiger charge is -2.17. The third kappa shape index (κ3) is 6.60. The number of nitrogens with one attached hydrogen (secondary N) is 1. The number of aliphatic carboxylic acids is 1. The molecule has 0 aliphatic heterocycles. The van der Waals surface area contributed by atoms with E-state index in [1.165, 1.54) is 43.5 Å². The number of ether oxygens (including phenoxy) is 1. The predicted octanol–water partition coefficient (Wildman–Crippen LogP) is 7.27. The van der Waals surface area contributed by atoms with Crippen LogP contribution in [0.5, 0.6) is 5.75 Å². The Balaban J connectivity index is 1.53. The molecule has 0 aliphatic carbocycles. The predicted molar refractivity (Wildman–Crippen MR) is 143 cm³/mol. The van der Waals surface area contributed by atoms with Gasteiger partial charge in [-0.2, -0.15) is 13.2 Å². The zero-order valence-corrected chi connectivity index (χ0v) is 21.7. The van der Waals surface area contributed by atoms with Crippen molar-refractivity contribution in [3.8, 4) is 28.0 Å². The van der Waals surface area contributed by atoms with E-state index in [-0.39, 0.29) is 22.8 Å². The number of amides is 1. The standard InChI is InChI=1S/C30H22ClF4NO4/c1-40-27-13-9-20(19-6-10-22(11-7-19)30(33,34)35)15-23(27)28(37)36-26(29(38)39)14-17-2-4-18(5-3-17)21-8-12-25(32)24(31)16-21/h2-13,15-16,26H,14H2,1H3,(H,36,37)(H,38,39)/t26-/m1/s1. The Kier molecular flexibility index (Phi) is 8.44. The summed E-state index contributed by atoms with van der Waals surface area (Å²) in [6.07, 6.45) is -4.52. The molecule has 0 bridgehead atoms. The first kappa shape index (κ1) is 28.6. The zero-order valence-electron chi connectivity index (χ0n) is 20.9. The largest absolute Gasteiger partial charge is 0.496 e. The quantitative estimate of drug-likeness (QED) is 0.218. The Hall–Kier alpha value is -4.37. The van der Waals surface area contributed by atoms with Crippen LogP contribution in [-0.2, 0) is 17.4 Å². The van der Waals surface area contributed by atoms with Crippen molar-refractivity contribution in [2.24, 2.45) is 0 Å². The summed E-state index contributed by atoms with van der Waals surface area (Å²) in [5.74, 6) is -2.36. The summed E-state index contributed by atoms with van der Waals surface area (Å²) in [5.41, 5.74) is 2.14. The molecule has 0 aromatic heterocycles. The second kappa shape index (κ2) is 11.8. The normalized spacial score (nSPS) is 12.1. The van der Waals surface area contributed by atoms with Crippen LogP contribution in [-0.4, -0.2) is 30.1 Å². The van der Waals surface area contributed by atoms with E-state index in [9.17, 15) is 32.3 Å². The molecule has 0 unspecified atom stereocenters. The van der Waals surface area contributed by atoms with E-state index in [0.29, 0.717) is 22.3 Å². The highest BCUT2D eigenvalue weighted by atomic mass is 35.5. The molecular formula is C30H22ClF4NO4. The van der Waals surface area contributed by atoms with Crippen LogP contribution in [0.3, 0.4) is 0 Å². The lowest BCUT2D eigenvalue weighted by Crippen LogP contribution is -2.42. The molecule has 0 radical (unpaired) electrons. The minimum Gasteiger partial charge on any atom is -0.496 e. The van der Waals surface area contributed by atoms with Gasteiger partial charge in [-0.3, -0.25) is 4.79 Å². The first-order valence-corrected chi connectivity index (χ1v) is 12.3. The maximum Gasteiger partial charge on any atom is 0.416 e. The lowest BCUT2D eigenvalue weighted by atomic mass is 9.99. The molecule has 4 rings (SSSR count). The minimum atomic E-state index is -4.48. The molecule has 0 aliphatic rings. The monoisotopic (exact) mass is 571 g/mol. The number of alkyl halides is 3. The molecule has 10 heteroatoms. The van der Waals surface area contributed by atoms with Gasteiger partial charge in [-0.25, -0.2) is 9.18 Å². The Labute approximate surface area is 232 Å². The Morgan fingerprint density at radius 3 is 1.98 bits per heavy atom. The molecule has 1 amide bonds. The van der Waals surface area contributed by atoms with Crippen molar-refractivity contribution in [3.63, 3.8) is 0 Å². The second-order valence-corrected chi connectivity index (χ2v) is 9.29. The molecule has 0 spiro atoms. The summed E-state index contributed by atoms with van der Waals surface area (Å²) in [7, 11) is 1.34. The van der Waals surface area contributed by atoms with Crippen molar-refractivity contribution in [2.75, 3.05) is 7.11 Å². The number of carboxylic acid groups (broad SMARTS) is 1. The van der Waals surface area contributed by atoms with Gasteiger partial charge in [-0.1, -0.05) is 60.1 Å². The van der Waals surface area contributed by atoms with Crippen LogP contribution in [0.1, 0.15) is 21.5 Å². The second-order valence-electron chi connectivity index (χ2n) is 8.88. The Bertz CT molecular complexity index is 1540. The fraction of sp³-hybridized carbons (Fsp3) is 0.133. The summed E-state index contributed by atoms with van der Waals surface area (Å²) < 4.78 is 57.5. The summed E-state index contributed by atoms with van der Waals surface area (Å²) in [6.45, 7) is 0. The van der Waals surface area contributed by atoms with E-state index in [0.717, 1.165) is 17.7 Å². The van der Waals surface area contributed by atoms with Crippen LogP contribution < -0.4 is 10.1 Å². The molecule has 0 heterocycles. The van der Waals surface area contributed by atoms with E-state index in [2.05, 4.69) is 5.32 Å². The fourth-order valence-electron chi connectivity index (χ4n) is 4.10. The molecule has 4 aromatic rings. The van der Waals surface area contributed by atoms with Crippen LogP contribution >= 0.6 is 11.6 Å². The highest BCUT2D eigenvalue weighted by Gasteiger charge is 2.30. The first-order valence-electron chi connectivity index (χ1n) is 11.9. The van der Waals surface area contributed by atoms with Crippen molar-refractivity contribution in [1.82, 2.24) is 5.32 Å². The summed E-state index contributed by atoms with van der Waals surface area (Å²) in [5, 5.41) is 12.3. The molecule has 0 saturated heterocycles. The van der Waals surface area contributed by atoms with E-state index >= 15 is 0 Å². The zero-order chi connectivity index (χ0) is 29.0. The number of carbonyl (C=O) groups is 2. The average Bonchev–Trinajstić information content (AvgIpc) is 2.93. The van der Waals surface area contributed by atoms with E-state index in [1.807, 2.05) is 0 Å². The van der Waals surface area contributed by atoms with E-state index in [4.69, 9.17) is 16.3 Å². The number of halogens is 5. The number of carboxylic acids is 1. The molecule has 1 atom stereocenters. The molecule has 0 saturated carbocycles. The SMILES string of the molecule is COc1ccc(-c2ccc(C(F)(F)F)cc2)cc1C(=O)N[C@H](Cc1ccc(-c2ccc(F)c(Cl)c2)cc1)C(=O)O. The van der Waals surface area contributed by atoms with Gasteiger partial charge in [0.15, 0.2) is 0 Å². The fourth-order valence-corrected chi connectivity index (χ4v) is 4.28. The van der Waals surface area contributed by atoms with Gasteiger partial charge in [0.05, 0.1) is 23.3 Å². The van der Waals surface area contributed by atoms with Crippen LogP contribution in [0.4, 0.5) is 17.6 Å². The van der Waals surface area contributed by atoms with Crippen LogP contribution in [0.25, 0.3) is 22.3 Å². The highest BCUT2D eigenvalue weighted by Crippen LogP contribution is 2.32. The molecule has 40 heavy (non-hydrogen) atoms. The minimum absolute atomic E-state index is 0.0203. The lowest BCUT2D eigenvalue weighted by molar-refractivity contribution is -0.139. The Morgan fingerprint density at radius 2 is 1.43 bits per heavy atom. The van der Waals surface area contributed by atoms with Gasteiger partial charge in [0.25, 0.3) is 5.91 Å². The van der Waals surface area contributed by atoms with Crippen molar-refractivity contribution in [2.45, 2.75) is 18.6 Å². The van der Waals surface area contributed by atoms with Gasteiger partial charge in [0, 0.05) is 6.42 Å². The molecule has 2 N–H and O–H groups in total. The summed E-state index contributed by atoms with van der Waals surface area (Å²) in [6, 6.07) is 18.8. The Morgan fingerprint density at radius 1 is 0.875 bits per heavy atom. The van der Waals surface area contributed by atoms with E-state index in [1.54, 1.807) is 36.4 Å². The maximum absolute atomic E-state index is 13.5. The molecular weight excluding hydrogens is 550 g/mol. The van der Waals surface area contributed by atoms with Crippen LogP contribution in [0.15, 0.2) is 84.9 Å². The third-order valence-electron chi connectivity index (χ3n) is 6.24. The van der Waals surface area contributed by atoms with E-state index < -0.39 is 35.5 Å².